The SMILES string of the molecule is CCCn1ncc(OC)c1C1(O)CCCCC1CC. The van der Waals surface area contributed by atoms with Crippen LogP contribution in [-0.2, 0) is 12.1 Å². The maximum Gasteiger partial charge on any atom is 0.162 e. The molecule has 2 atom stereocenters. The van der Waals surface area contributed by atoms with Crippen LogP contribution in [0.3, 0.4) is 0 Å². The van der Waals surface area contributed by atoms with E-state index >= 15 is 0 Å². The van der Waals surface area contributed by atoms with Gasteiger partial charge in [-0.15, -0.1) is 0 Å². The third-order valence-corrected chi connectivity index (χ3v) is 4.40. The summed E-state index contributed by atoms with van der Waals surface area (Å²) in [7, 11) is 1.66. The Hall–Kier alpha value is -1.03. The molecule has 0 bridgehead atoms. The van der Waals surface area contributed by atoms with Crippen molar-refractivity contribution in [3.05, 3.63) is 11.9 Å². The molecule has 0 saturated heterocycles. The third-order valence-electron chi connectivity index (χ3n) is 4.40. The Balaban J connectivity index is 2.44. The van der Waals surface area contributed by atoms with Crippen LogP contribution >= 0.6 is 0 Å². The number of hydrogen-bond donors (Lipinski definition) is 1. The molecule has 1 aliphatic carbocycles. The molecule has 1 heterocycles. The number of ether oxygens (including phenoxy) is 1. The van der Waals surface area contributed by atoms with Gasteiger partial charge in [0.2, 0.25) is 0 Å². The second-order valence-corrected chi connectivity index (χ2v) is 5.56. The Morgan fingerprint density at radius 2 is 2.26 bits per heavy atom. The van der Waals surface area contributed by atoms with Crippen LogP contribution in [0.4, 0.5) is 0 Å². The number of rotatable bonds is 5. The highest BCUT2D eigenvalue weighted by atomic mass is 16.5. The molecule has 0 aliphatic heterocycles. The Labute approximate surface area is 115 Å². The van der Waals surface area contributed by atoms with Crippen LogP contribution in [0.1, 0.15) is 58.1 Å². The predicted octanol–water partition coefficient (Wildman–Crippen LogP) is 3.09. The molecule has 19 heavy (non-hydrogen) atoms. The van der Waals surface area contributed by atoms with E-state index in [1.165, 1.54) is 6.42 Å². The Bertz CT molecular complexity index is 416. The van der Waals surface area contributed by atoms with Crippen LogP contribution < -0.4 is 4.74 Å². The molecule has 0 amide bonds. The van der Waals surface area contributed by atoms with Crippen LogP contribution in [0, 0.1) is 5.92 Å². The van der Waals surface area contributed by atoms with Gasteiger partial charge in [0, 0.05) is 6.54 Å². The molecule has 108 valence electrons. The summed E-state index contributed by atoms with van der Waals surface area (Å²) in [6.45, 7) is 5.12. The zero-order chi connectivity index (χ0) is 13.9. The van der Waals surface area contributed by atoms with Gasteiger partial charge in [-0.05, 0) is 25.2 Å². The highest BCUT2D eigenvalue weighted by Crippen LogP contribution is 2.46. The monoisotopic (exact) mass is 266 g/mol. The smallest absolute Gasteiger partial charge is 0.162 e. The maximum absolute atomic E-state index is 11.3. The van der Waals surface area contributed by atoms with Gasteiger partial charge in [0.25, 0.3) is 0 Å². The first-order chi connectivity index (χ1) is 9.17. The van der Waals surface area contributed by atoms with Crippen molar-refractivity contribution >= 4 is 0 Å². The van der Waals surface area contributed by atoms with E-state index in [0.29, 0.717) is 5.92 Å². The fraction of sp³-hybridized carbons (Fsp3) is 0.800. The molecule has 1 N–H and O–H groups in total. The van der Waals surface area contributed by atoms with Crippen molar-refractivity contribution in [3.8, 4) is 5.75 Å². The predicted molar refractivity (Wildman–Crippen MR) is 75.2 cm³/mol. The number of nitrogens with zero attached hydrogens (tertiary/aromatic N) is 2. The molecular formula is C15H26N2O2. The van der Waals surface area contributed by atoms with E-state index < -0.39 is 5.60 Å². The minimum Gasteiger partial charge on any atom is -0.493 e. The van der Waals surface area contributed by atoms with Crippen LogP contribution in [0.15, 0.2) is 6.20 Å². The molecule has 1 aromatic rings. The molecular weight excluding hydrogens is 240 g/mol. The topological polar surface area (TPSA) is 47.3 Å². The van der Waals surface area contributed by atoms with Gasteiger partial charge < -0.3 is 9.84 Å². The first-order valence-corrected chi connectivity index (χ1v) is 7.50. The van der Waals surface area contributed by atoms with Crippen molar-refractivity contribution in [1.29, 1.82) is 0 Å². The number of aryl methyl sites for hydroxylation is 1. The molecule has 2 rings (SSSR count). The summed E-state index contributed by atoms with van der Waals surface area (Å²) in [4.78, 5) is 0. The number of aromatic nitrogens is 2. The van der Waals surface area contributed by atoms with Gasteiger partial charge in [-0.2, -0.15) is 5.10 Å². The standard InChI is InChI=1S/C15H26N2O2/c1-4-10-17-14(13(19-3)11-16-17)15(18)9-7-6-8-12(15)5-2/h11-12,18H,4-10H2,1-3H3. The normalized spacial score (nSPS) is 27.5. The van der Waals surface area contributed by atoms with Gasteiger partial charge in [-0.1, -0.05) is 33.1 Å². The molecule has 1 fully saturated rings. The second kappa shape index (κ2) is 5.95. The van der Waals surface area contributed by atoms with Crippen molar-refractivity contribution in [1.82, 2.24) is 9.78 Å². The first kappa shape index (κ1) is 14.4. The summed E-state index contributed by atoms with van der Waals surface area (Å²) in [5.41, 5.74) is 0.118. The van der Waals surface area contributed by atoms with Gasteiger partial charge in [-0.25, -0.2) is 0 Å². The lowest BCUT2D eigenvalue weighted by Gasteiger charge is -2.40. The average molecular weight is 266 g/mol. The molecule has 0 radical (unpaired) electrons. The number of methoxy groups -OCH3 is 1. The fourth-order valence-electron chi connectivity index (χ4n) is 3.42. The Kier molecular flexibility index (Phi) is 4.50. The molecule has 1 saturated carbocycles. The van der Waals surface area contributed by atoms with Crippen molar-refractivity contribution < 1.29 is 9.84 Å². The van der Waals surface area contributed by atoms with E-state index in [2.05, 4.69) is 18.9 Å². The Morgan fingerprint density at radius 1 is 1.47 bits per heavy atom. The summed E-state index contributed by atoms with van der Waals surface area (Å²) in [6.07, 6.45) is 7.94. The summed E-state index contributed by atoms with van der Waals surface area (Å²) >= 11 is 0. The molecule has 1 aliphatic rings. The van der Waals surface area contributed by atoms with E-state index in [0.717, 1.165) is 50.1 Å². The van der Waals surface area contributed by atoms with Gasteiger partial charge in [0.1, 0.15) is 11.3 Å². The van der Waals surface area contributed by atoms with Crippen molar-refractivity contribution in [2.24, 2.45) is 5.92 Å². The largest absolute Gasteiger partial charge is 0.493 e. The van der Waals surface area contributed by atoms with Gasteiger partial charge in [0.05, 0.1) is 13.3 Å². The minimum atomic E-state index is -0.774. The number of aliphatic hydroxyl groups is 1. The molecule has 4 nitrogen and oxygen atoms in total. The lowest BCUT2D eigenvalue weighted by atomic mass is 9.72. The fourth-order valence-corrected chi connectivity index (χ4v) is 3.42. The van der Waals surface area contributed by atoms with E-state index in [-0.39, 0.29) is 0 Å². The second-order valence-electron chi connectivity index (χ2n) is 5.56. The average Bonchev–Trinajstić information content (AvgIpc) is 2.83. The summed E-state index contributed by atoms with van der Waals surface area (Å²) in [5, 5.41) is 15.7. The van der Waals surface area contributed by atoms with Gasteiger partial charge in [0.15, 0.2) is 5.75 Å². The highest BCUT2D eigenvalue weighted by molar-refractivity contribution is 5.32. The lowest BCUT2D eigenvalue weighted by molar-refractivity contribution is -0.0641. The van der Waals surface area contributed by atoms with Gasteiger partial charge in [-0.3, -0.25) is 4.68 Å². The number of hydrogen-bond acceptors (Lipinski definition) is 3. The van der Waals surface area contributed by atoms with Crippen LogP contribution in [0.2, 0.25) is 0 Å². The zero-order valence-electron chi connectivity index (χ0n) is 12.4. The minimum absolute atomic E-state index is 0.308. The van der Waals surface area contributed by atoms with E-state index in [1.54, 1.807) is 13.3 Å². The van der Waals surface area contributed by atoms with Crippen LogP contribution in [0.25, 0.3) is 0 Å². The summed E-state index contributed by atoms with van der Waals surface area (Å²) in [5.74, 6) is 1.04. The quantitative estimate of drug-likeness (QED) is 0.891. The highest BCUT2D eigenvalue weighted by Gasteiger charge is 2.43. The Morgan fingerprint density at radius 3 is 2.89 bits per heavy atom. The summed E-state index contributed by atoms with van der Waals surface area (Å²) < 4.78 is 7.38. The maximum atomic E-state index is 11.3. The molecule has 2 unspecified atom stereocenters. The van der Waals surface area contributed by atoms with Crippen molar-refractivity contribution in [3.63, 3.8) is 0 Å². The van der Waals surface area contributed by atoms with Crippen molar-refractivity contribution in [2.45, 2.75) is 64.5 Å². The van der Waals surface area contributed by atoms with Gasteiger partial charge >= 0.3 is 0 Å². The summed E-state index contributed by atoms with van der Waals surface area (Å²) in [6, 6.07) is 0. The van der Waals surface area contributed by atoms with E-state index in [4.69, 9.17) is 4.74 Å². The molecule has 0 spiro atoms. The van der Waals surface area contributed by atoms with Crippen LogP contribution in [-0.4, -0.2) is 22.0 Å². The van der Waals surface area contributed by atoms with E-state index in [1.807, 2.05) is 4.68 Å². The lowest BCUT2D eigenvalue weighted by Crippen LogP contribution is -2.40. The zero-order valence-corrected chi connectivity index (χ0v) is 12.4. The third kappa shape index (κ3) is 2.50. The van der Waals surface area contributed by atoms with Crippen molar-refractivity contribution in [2.75, 3.05) is 7.11 Å². The first-order valence-electron chi connectivity index (χ1n) is 7.50. The molecule has 1 aromatic heterocycles. The van der Waals surface area contributed by atoms with E-state index in [9.17, 15) is 5.11 Å². The molecule has 4 heteroatoms. The molecule has 0 aromatic carbocycles. The van der Waals surface area contributed by atoms with Crippen LogP contribution in [0.5, 0.6) is 5.75 Å².